The van der Waals surface area contributed by atoms with E-state index in [2.05, 4.69) is 25.8 Å². The van der Waals surface area contributed by atoms with Gasteiger partial charge in [0.15, 0.2) is 0 Å². The molecule has 0 bridgehead atoms. The fourth-order valence-electron chi connectivity index (χ4n) is 1.60. The van der Waals surface area contributed by atoms with Crippen LogP contribution in [-0.4, -0.2) is 21.2 Å². The van der Waals surface area contributed by atoms with Gasteiger partial charge >= 0.3 is 12.2 Å². The first kappa shape index (κ1) is 14.8. The fourth-order valence-corrected chi connectivity index (χ4v) is 1.60. The van der Waals surface area contributed by atoms with Crippen LogP contribution in [0.15, 0.2) is 30.6 Å². The highest BCUT2D eigenvalue weighted by Crippen LogP contribution is 2.29. The molecule has 1 heterocycles. The molecule has 0 saturated heterocycles. The molecule has 0 aliphatic rings. The molecule has 1 unspecified atom stereocenters. The Labute approximate surface area is 117 Å². The van der Waals surface area contributed by atoms with Gasteiger partial charge in [0.2, 0.25) is 0 Å². The van der Waals surface area contributed by atoms with Gasteiger partial charge in [0, 0.05) is 5.69 Å². The SMILES string of the molecule is CC(NC(=O)Nc1ccc(C(F)(F)F)cc1)c1ncn[nH]1. The Morgan fingerprint density at radius 3 is 2.48 bits per heavy atom. The molecule has 0 radical (unpaired) electrons. The number of aromatic nitrogens is 3. The highest BCUT2D eigenvalue weighted by Gasteiger charge is 2.30. The molecule has 1 aromatic carbocycles. The maximum absolute atomic E-state index is 12.4. The standard InChI is InChI=1S/C12H12F3N5O/c1-7(10-16-6-17-20-10)18-11(21)19-9-4-2-8(3-5-9)12(13,14)15/h2-7H,1H3,(H,16,17,20)(H2,18,19,21). The lowest BCUT2D eigenvalue weighted by atomic mass is 10.2. The quantitative estimate of drug-likeness (QED) is 0.815. The monoisotopic (exact) mass is 299 g/mol. The van der Waals surface area contributed by atoms with E-state index in [9.17, 15) is 18.0 Å². The zero-order valence-electron chi connectivity index (χ0n) is 10.9. The first-order valence-electron chi connectivity index (χ1n) is 5.96. The number of halogens is 3. The minimum absolute atomic E-state index is 0.255. The Morgan fingerprint density at radius 2 is 1.95 bits per heavy atom. The fraction of sp³-hybridized carbons (Fsp3) is 0.250. The van der Waals surface area contributed by atoms with Gasteiger partial charge in [0.05, 0.1) is 11.6 Å². The van der Waals surface area contributed by atoms with E-state index < -0.39 is 23.8 Å². The van der Waals surface area contributed by atoms with Crippen LogP contribution in [0.25, 0.3) is 0 Å². The molecule has 9 heteroatoms. The predicted molar refractivity (Wildman–Crippen MR) is 68.4 cm³/mol. The summed E-state index contributed by atoms with van der Waals surface area (Å²) in [6.07, 6.45) is -3.09. The van der Waals surface area contributed by atoms with E-state index in [1.165, 1.54) is 18.5 Å². The molecule has 0 saturated carbocycles. The molecule has 6 nitrogen and oxygen atoms in total. The summed E-state index contributed by atoms with van der Waals surface area (Å²) in [7, 11) is 0. The average Bonchev–Trinajstić information content (AvgIpc) is 2.92. The minimum atomic E-state index is -4.40. The number of benzene rings is 1. The van der Waals surface area contributed by atoms with Crippen LogP contribution in [0.3, 0.4) is 0 Å². The van der Waals surface area contributed by atoms with Gasteiger partial charge in [-0.1, -0.05) is 0 Å². The topological polar surface area (TPSA) is 82.7 Å². The van der Waals surface area contributed by atoms with Crippen LogP contribution >= 0.6 is 0 Å². The van der Waals surface area contributed by atoms with E-state index in [1.54, 1.807) is 6.92 Å². The van der Waals surface area contributed by atoms with Crippen molar-refractivity contribution in [2.24, 2.45) is 0 Å². The molecule has 0 aliphatic heterocycles. The Hall–Kier alpha value is -2.58. The molecule has 112 valence electrons. The minimum Gasteiger partial charge on any atom is -0.328 e. The van der Waals surface area contributed by atoms with E-state index >= 15 is 0 Å². The molecule has 21 heavy (non-hydrogen) atoms. The van der Waals surface area contributed by atoms with Crippen molar-refractivity contribution in [3.05, 3.63) is 42.0 Å². The number of nitrogens with one attached hydrogen (secondary N) is 3. The van der Waals surface area contributed by atoms with E-state index in [0.29, 0.717) is 5.82 Å². The molecule has 2 rings (SSSR count). The molecule has 1 aromatic heterocycles. The third kappa shape index (κ3) is 3.94. The molecule has 0 fully saturated rings. The number of carbonyl (C=O) groups is 1. The van der Waals surface area contributed by atoms with Crippen LogP contribution in [0.4, 0.5) is 23.7 Å². The van der Waals surface area contributed by atoms with Crippen LogP contribution in [0.2, 0.25) is 0 Å². The van der Waals surface area contributed by atoms with E-state index in [0.717, 1.165) is 12.1 Å². The normalized spacial score (nSPS) is 12.8. The summed E-state index contributed by atoms with van der Waals surface area (Å²) >= 11 is 0. The maximum atomic E-state index is 12.4. The van der Waals surface area contributed by atoms with E-state index in [-0.39, 0.29) is 5.69 Å². The van der Waals surface area contributed by atoms with Gasteiger partial charge in [0.1, 0.15) is 12.2 Å². The molecular formula is C12H12F3N5O. The lowest BCUT2D eigenvalue weighted by Gasteiger charge is -2.13. The second kappa shape index (κ2) is 5.81. The smallest absolute Gasteiger partial charge is 0.328 e. The van der Waals surface area contributed by atoms with Gasteiger partial charge in [-0.15, -0.1) is 0 Å². The van der Waals surface area contributed by atoms with Crippen molar-refractivity contribution in [3.8, 4) is 0 Å². The Balaban J connectivity index is 1.94. The van der Waals surface area contributed by atoms with Gasteiger partial charge in [0.25, 0.3) is 0 Å². The Kier molecular flexibility index (Phi) is 4.10. The summed E-state index contributed by atoms with van der Waals surface area (Å²) < 4.78 is 37.2. The third-order valence-electron chi connectivity index (χ3n) is 2.66. The van der Waals surface area contributed by atoms with Gasteiger partial charge in [-0.3, -0.25) is 5.10 Å². The van der Waals surface area contributed by atoms with Crippen LogP contribution < -0.4 is 10.6 Å². The third-order valence-corrected chi connectivity index (χ3v) is 2.66. The Bertz CT molecular complexity index is 594. The van der Waals surface area contributed by atoms with E-state index in [1.807, 2.05) is 0 Å². The highest BCUT2D eigenvalue weighted by atomic mass is 19.4. The number of alkyl halides is 3. The number of hydrogen-bond acceptors (Lipinski definition) is 3. The van der Waals surface area contributed by atoms with Crippen LogP contribution in [0.5, 0.6) is 0 Å². The van der Waals surface area contributed by atoms with Crippen LogP contribution in [0.1, 0.15) is 24.4 Å². The summed E-state index contributed by atoms with van der Waals surface area (Å²) in [5.74, 6) is 0.470. The summed E-state index contributed by atoms with van der Waals surface area (Å²) in [5, 5.41) is 11.3. The average molecular weight is 299 g/mol. The molecule has 0 spiro atoms. The first-order valence-corrected chi connectivity index (χ1v) is 5.96. The number of carbonyl (C=O) groups excluding carboxylic acids is 1. The summed E-state index contributed by atoms with van der Waals surface area (Å²) in [4.78, 5) is 15.6. The van der Waals surface area contributed by atoms with Gasteiger partial charge in [-0.2, -0.15) is 18.3 Å². The number of H-pyrrole nitrogens is 1. The van der Waals surface area contributed by atoms with Crippen molar-refractivity contribution >= 4 is 11.7 Å². The second-order valence-electron chi connectivity index (χ2n) is 4.27. The predicted octanol–water partition coefficient (Wildman–Crippen LogP) is 2.71. The van der Waals surface area contributed by atoms with Crippen molar-refractivity contribution in [3.63, 3.8) is 0 Å². The van der Waals surface area contributed by atoms with Crippen molar-refractivity contribution < 1.29 is 18.0 Å². The van der Waals surface area contributed by atoms with Crippen molar-refractivity contribution in [2.45, 2.75) is 19.1 Å². The van der Waals surface area contributed by atoms with Gasteiger partial charge in [-0.05, 0) is 31.2 Å². The molecular weight excluding hydrogens is 287 g/mol. The number of aromatic amines is 1. The number of amides is 2. The zero-order chi connectivity index (χ0) is 15.5. The van der Waals surface area contributed by atoms with Crippen molar-refractivity contribution in [1.82, 2.24) is 20.5 Å². The second-order valence-corrected chi connectivity index (χ2v) is 4.27. The number of hydrogen-bond donors (Lipinski definition) is 3. The van der Waals surface area contributed by atoms with Crippen molar-refractivity contribution in [1.29, 1.82) is 0 Å². The summed E-state index contributed by atoms with van der Waals surface area (Å²) in [5.41, 5.74) is -0.520. The van der Waals surface area contributed by atoms with Crippen molar-refractivity contribution in [2.75, 3.05) is 5.32 Å². The molecule has 3 N–H and O–H groups in total. The Morgan fingerprint density at radius 1 is 1.29 bits per heavy atom. The molecule has 2 aromatic rings. The molecule has 2 amide bonds. The highest BCUT2D eigenvalue weighted by molar-refractivity contribution is 5.89. The number of urea groups is 1. The van der Waals surface area contributed by atoms with Gasteiger partial charge in [-0.25, -0.2) is 9.78 Å². The van der Waals surface area contributed by atoms with E-state index in [4.69, 9.17) is 0 Å². The molecule has 0 aliphatic carbocycles. The molecule has 1 atom stereocenters. The first-order chi connectivity index (χ1) is 9.86. The van der Waals surface area contributed by atoms with Crippen LogP contribution in [0, 0.1) is 0 Å². The summed E-state index contributed by atoms with van der Waals surface area (Å²) in [6, 6.07) is 3.19. The van der Waals surface area contributed by atoms with Crippen LogP contribution in [-0.2, 0) is 6.18 Å². The van der Waals surface area contributed by atoms with Gasteiger partial charge < -0.3 is 10.6 Å². The zero-order valence-corrected chi connectivity index (χ0v) is 10.9. The lowest BCUT2D eigenvalue weighted by Crippen LogP contribution is -2.31. The largest absolute Gasteiger partial charge is 0.416 e. The maximum Gasteiger partial charge on any atom is 0.416 e. The number of rotatable bonds is 3. The summed E-state index contributed by atoms with van der Waals surface area (Å²) in [6.45, 7) is 1.69. The number of nitrogens with zero attached hydrogens (tertiary/aromatic N) is 2. The lowest BCUT2D eigenvalue weighted by molar-refractivity contribution is -0.137. The number of anilines is 1.